The number of ether oxygens (including phenoxy) is 1. The zero-order chi connectivity index (χ0) is 25.5. The predicted octanol–water partition coefficient (Wildman–Crippen LogP) is 6.31. The van der Waals surface area contributed by atoms with Crippen LogP contribution in [0, 0.1) is 0 Å². The lowest BCUT2D eigenvalue weighted by molar-refractivity contribution is 0.0980. The Bertz CT molecular complexity index is 1410. The second-order valence-corrected chi connectivity index (χ2v) is 10.5. The summed E-state index contributed by atoms with van der Waals surface area (Å²) in [6.07, 6.45) is 0. The second-order valence-electron chi connectivity index (χ2n) is 8.88. The Kier molecular flexibility index (Phi) is 7.98. The van der Waals surface area contributed by atoms with Gasteiger partial charge >= 0.3 is 0 Å². The summed E-state index contributed by atoms with van der Waals surface area (Å²) in [5.41, 5.74) is 4.82. The number of sulfonamides is 1. The molecule has 0 radical (unpaired) electrons. The summed E-state index contributed by atoms with van der Waals surface area (Å²) >= 11 is 0. The molecule has 0 atom stereocenters. The number of carbonyl (C=O) groups is 1. The summed E-state index contributed by atoms with van der Waals surface area (Å²) in [6, 6.07) is 30.9. The fraction of sp³-hybridized carbons (Fsp3) is 0.167. The standard InChI is InChI=1S/C30H29NO4S/c1-22(2)25-16-12-23(13-17-25)20-35-21-24-14-18-27(19-15-24)30(32)31-36(33,34)29-11-7-6-10-28(29)26-8-4-3-5-9-26/h3-19,22H,20-21H2,1-2H3,(H,31,32). The van der Waals surface area contributed by atoms with Gasteiger partial charge in [0.25, 0.3) is 15.9 Å². The molecule has 0 saturated heterocycles. The van der Waals surface area contributed by atoms with Crippen LogP contribution in [0.4, 0.5) is 0 Å². The highest BCUT2D eigenvalue weighted by atomic mass is 32.2. The summed E-state index contributed by atoms with van der Waals surface area (Å²) in [4.78, 5) is 12.8. The van der Waals surface area contributed by atoms with Crippen molar-refractivity contribution in [2.45, 2.75) is 37.9 Å². The molecule has 0 aliphatic rings. The zero-order valence-corrected chi connectivity index (χ0v) is 21.2. The van der Waals surface area contributed by atoms with Crippen molar-refractivity contribution in [1.82, 2.24) is 4.72 Å². The summed E-state index contributed by atoms with van der Waals surface area (Å²) in [5, 5.41) is 0. The Morgan fingerprint density at radius 3 is 1.92 bits per heavy atom. The Hall–Kier alpha value is -3.74. The topological polar surface area (TPSA) is 72.5 Å². The molecule has 36 heavy (non-hydrogen) atoms. The molecule has 5 nitrogen and oxygen atoms in total. The first-order valence-electron chi connectivity index (χ1n) is 11.8. The maximum atomic E-state index is 13.1. The van der Waals surface area contributed by atoms with Gasteiger partial charge in [-0.3, -0.25) is 4.79 Å². The highest BCUT2D eigenvalue weighted by molar-refractivity contribution is 7.90. The van der Waals surface area contributed by atoms with E-state index < -0.39 is 15.9 Å². The van der Waals surface area contributed by atoms with E-state index >= 15 is 0 Å². The van der Waals surface area contributed by atoms with Crippen LogP contribution >= 0.6 is 0 Å². The minimum Gasteiger partial charge on any atom is -0.372 e. The van der Waals surface area contributed by atoms with Crippen LogP contribution in [0.25, 0.3) is 11.1 Å². The number of amides is 1. The van der Waals surface area contributed by atoms with Gasteiger partial charge in [-0.25, -0.2) is 13.1 Å². The van der Waals surface area contributed by atoms with Crippen LogP contribution in [0.15, 0.2) is 108 Å². The van der Waals surface area contributed by atoms with Crippen LogP contribution in [0.3, 0.4) is 0 Å². The van der Waals surface area contributed by atoms with Crippen LogP contribution < -0.4 is 4.72 Å². The maximum absolute atomic E-state index is 13.1. The van der Waals surface area contributed by atoms with E-state index in [-0.39, 0.29) is 10.5 Å². The highest BCUT2D eigenvalue weighted by Gasteiger charge is 2.22. The van der Waals surface area contributed by atoms with Gasteiger partial charge in [-0.1, -0.05) is 98.8 Å². The molecular weight excluding hydrogens is 470 g/mol. The number of hydrogen-bond acceptors (Lipinski definition) is 4. The lowest BCUT2D eigenvalue weighted by atomic mass is 10.0. The molecule has 0 heterocycles. The molecule has 0 spiro atoms. The van der Waals surface area contributed by atoms with E-state index in [2.05, 4.69) is 42.8 Å². The van der Waals surface area contributed by atoms with Gasteiger partial charge in [0.2, 0.25) is 0 Å². The van der Waals surface area contributed by atoms with E-state index in [1.807, 2.05) is 30.3 Å². The number of benzene rings is 4. The molecule has 4 rings (SSSR count). The van der Waals surface area contributed by atoms with E-state index in [1.54, 1.807) is 42.5 Å². The molecular formula is C30H29NO4S. The first kappa shape index (κ1) is 25.4. The summed E-state index contributed by atoms with van der Waals surface area (Å²) in [7, 11) is -4.07. The van der Waals surface area contributed by atoms with Gasteiger partial charge in [-0.05, 0) is 46.4 Å². The third-order valence-electron chi connectivity index (χ3n) is 5.89. The van der Waals surface area contributed by atoms with Crippen molar-refractivity contribution in [1.29, 1.82) is 0 Å². The van der Waals surface area contributed by atoms with Crippen LogP contribution in [0.1, 0.15) is 46.8 Å². The zero-order valence-electron chi connectivity index (χ0n) is 20.3. The molecule has 1 amide bonds. The quantitative estimate of drug-likeness (QED) is 0.293. The highest BCUT2D eigenvalue weighted by Crippen LogP contribution is 2.27. The van der Waals surface area contributed by atoms with E-state index in [4.69, 9.17) is 4.74 Å². The SMILES string of the molecule is CC(C)c1ccc(COCc2ccc(C(=O)NS(=O)(=O)c3ccccc3-c3ccccc3)cc2)cc1. The Morgan fingerprint density at radius 1 is 0.750 bits per heavy atom. The smallest absolute Gasteiger partial charge is 0.264 e. The molecule has 4 aromatic carbocycles. The average molecular weight is 500 g/mol. The molecule has 0 saturated carbocycles. The lowest BCUT2D eigenvalue weighted by Crippen LogP contribution is -2.30. The minimum absolute atomic E-state index is 0.0518. The van der Waals surface area contributed by atoms with Crippen LogP contribution in [0.5, 0.6) is 0 Å². The van der Waals surface area contributed by atoms with E-state index in [0.29, 0.717) is 24.7 Å². The van der Waals surface area contributed by atoms with Gasteiger partial charge in [0.1, 0.15) is 0 Å². The van der Waals surface area contributed by atoms with Gasteiger partial charge < -0.3 is 4.74 Å². The Morgan fingerprint density at radius 2 is 1.31 bits per heavy atom. The first-order valence-corrected chi connectivity index (χ1v) is 13.3. The number of rotatable bonds is 9. The third kappa shape index (κ3) is 6.27. The van der Waals surface area contributed by atoms with Crippen molar-refractivity contribution in [3.63, 3.8) is 0 Å². The largest absolute Gasteiger partial charge is 0.372 e. The molecule has 0 aromatic heterocycles. The summed E-state index contributed by atoms with van der Waals surface area (Å²) in [6.45, 7) is 5.19. The molecule has 0 aliphatic carbocycles. The van der Waals surface area contributed by atoms with Crippen molar-refractivity contribution >= 4 is 15.9 Å². The van der Waals surface area contributed by atoms with Crippen LogP contribution in [-0.4, -0.2) is 14.3 Å². The van der Waals surface area contributed by atoms with Crippen molar-refractivity contribution < 1.29 is 17.9 Å². The molecule has 0 bridgehead atoms. The average Bonchev–Trinajstić information content (AvgIpc) is 2.89. The maximum Gasteiger partial charge on any atom is 0.264 e. The van der Waals surface area contributed by atoms with Crippen molar-refractivity contribution in [3.8, 4) is 11.1 Å². The fourth-order valence-corrected chi connectivity index (χ4v) is 5.04. The van der Waals surface area contributed by atoms with E-state index in [9.17, 15) is 13.2 Å². The fourth-order valence-electron chi connectivity index (χ4n) is 3.83. The molecule has 4 aromatic rings. The van der Waals surface area contributed by atoms with Gasteiger partial charge in [0.15, 0.2) is 0 Å². The monoisotopic (exact) mass is 499 g/mol. The minimum atomic E-state index is -4.07. The molecule has 0 fully saturated rings. The van der Waals surface area contributed by atoms with Gasteiger partial charge in [0.05, 0.1) is 18.1 Å². The van der Waals surface area contributed by atoms with E-state index in [0.717, 1.165) is 16.7 Å². The lowest BCUT2D eigenvalue weighted by Gasteiger charge is -2.12. The summed E-state index contributed by atoms with van der Waals surface area (Å²) < 4.78 is 34.1. The molecule has 184 valence electrons. The number of carbonyl (C=O) groups excluding carboxylic acids is 1. The predicted molar refractivity (Wildman–Crippen MR) is 142 cm³/mol. The number of hydrogen-bond donors (Lipinski definition) is 1. The van der Waals surface area contributed by atoms with Gasteiger partial charge in [0, 0.05) is 11.1 Å². The summed E-state index contributed by atoms with van der Waals surface area (Å²) in [5.74, 6) is -0.195. The third-order valence-corrected chi connectivity index (χ3v) is 7.28. The first-order chi connectivity index (χ1) is 17.3. The Balaban J connectivity index is 1.38. The second kappa shape index (κ2) is 11.3. The molecule has 0 aliphatic heterocycles. The molecule has 6 heteroatoms. The van der Waals surface area contributed by atoms with E-state index in [1.165, 1.54) is 11.6 Å². The van der Waals surface area contributed by atoms with Crippen LogP contribution in [-0.2, 0) is 28.0 Å². The van der Waals surface area contributed by atoms with Crippen LogP contribution in [0.2, 0.25) is 0 Å². The van der Waals surface area contributed by atoms with Crippen molar-refractivity contribution in [2.24, 2.45) is 0 Å². The van der Waals surface area contributed by atoms with Crippen molar-refractivity contribution in [2.75, 3.05) is 0 Å². The molecule has 0 unspecified atom stereocenters. The van der Waals surface area contributed by atoms with Gasteiger partial charge in [-0.15, -0.1) is 0 Å². The Labute approximate surface area is 212 Å². The number of nitrogens with one attached hydrogen (secondary N) is 1. The molecule has 1 N–H and O–H groups in total. The normalized spacial score (nSPS) is 11.4. The van der Waals surface area contributed by atoms with Crippen molar-refractivity contribution in [3.05, 3.63) is 125 Å². The van der Waals surface area contributed by atoms with Gasteiger partial charge in [-0.2, -0.15) is 0 Å².